The standard InChI is InChI=1S/C13H19FN2.ClH/c1-2-10-4-3-5-13(14)12(10)9-16-7-6-11(15)8-16;/h3-5,11H,2,6-9,15H2,1H3;1H/t11-;/m1./s1. The van der Waals surface area contributed by atoms with Gasteiger partial charge in [-0.15, -0.1) is 12.4 Å². The summed E-state index contributed by atoms with van der Waals surface area (Å²) in [5.74, 6) is -0.0835. The van der Waals surface area contributed by atoms with Gasteiger partial charge >= 0.3 is 0 Å². The summed E-state index contributed by atoms with van der Waals surface area (Å²) in [6.07, 6.45) is 1.91. The first-order valence-electron chi connectivity index (χ1n) is 5.95. The molecule has 1 aliphatic heterocycles. The first kappa shape index (κ1) is 14.4. The first-order chi connectivity index (χ1) is 7.70. The van der Waals surface area contributed by atoms with E-state index in [4.69, 9.17) is 5.73 Å². The predicted molar refractivity (Wildman–Crippen MR) is 70.9 cm³/mol. The van der Waals surface area contributed by atoms with E-state index in [1.165, 1.54) is 0 Å². The fraction of sp³-hybridized carbons (Fsp3) is 0.538. The number of hydrogen-bond acceptors (Lipinski definition) is 2. The monoisotopic (exact) mass is 258 g/mol. The maximum atomic E-state index is 13.7. The summed E-state index contributed by atoms with van der Waals surface area (Å²) in [6.45, 7) is 4.63. The lowest BCUT2D eigenvalue weighted by Crippen LogP contribution is -2.26. The lowest BCUT2D eigenvalue weighted by molar-refractivity contribution is 0.320. The largest absolute Gasteiger partial charge is 0.326 e. The van der Waals surface area contributed by atoms with E-state index in [0.717, 1.165) is 37.1 Å². The molecule has 1 aromatic rings. The molecule has 0 bridgehead atoms. The Bertz CT molecular complexity index is 370. The number of rotatable bonds is 3. The fourth-order valence-corrected chi connectivity index (χ4v) is 2.34. The van der Waals surface area contributed by atoms with E-state index in [1.54, 1.807) is 12.1 Å². The number of likely N-dealkylation sites (tertiary alicyclic amines) is 1. The van der Waals surface area contributed by atoms with Crippen LogP contribution in [0.4, 0.5) is 4.39 Å². The van der Waals surface area contributed by atoms with Crippen LogP contribution in [0.5, 0.6) is 0 Å². The second-order valence-corrected chi connectivity index (χ2v) is 4.51. The molecule has 1 atom stereocenters. The topological polar surface area (TPSA) is 29.3 Å². The van der Waals surface area contributed by atoms with Gasteiger partial charge in [-0.3, -0.25) is 4.90 Å². The number of benzene rings is 1. The highest BCUT2D eigenvalue weighted by Gasteiger charge is 2.20. The minimum absolute atomic E-state index is 0. The lowest BCUT2D eigenvalue weighted by atomic mass is 10.0. The Hall–Kier alpha value is -0.640. The van der Waals surface area contributed by atoms with E-state index < -0.39 is 0 Å². The number of halogens is 2. The molecule has 1 aromatic carbocycles. The molecule has 0 aromatic heterocycles. The molecule has 0 amide bonds. The van der Waals surface area contributed by atoms with Gasteiger partial charge in [-0.05, 0) is 24.5 Å². The number of aryl methyl sites for hydroxylation is 1. The fourth-order valence-electron chi connectivity index (χ4n) is 2.34. The van der Waals surface area contributed by atoms with Crippen molar-refractivity contribution >= 4 is 12.4 Å². The van der Waals surface area contributed by atoms with Crippen LogP contribution >= 0.6 is 12.4 Å². The molecule has 0 aliphatic carbocycles. The minimum atomic E-state index is -0.0835. The maximum absolute atomic E-state index is 13.7. The molecule has 2 N–H and O–H groups in total. The normalized spacial score (nSPS) is 20.3. The van der Waals surface area contributed by atoms with E-state index in [-0.39, 0.29) is 24.3 Å². The SMILES string of the molecule is CCc1cccc(F)c1CN1CC[C@@H](N)C1.Cl. The lowest BCUT2D eigenvalue weighted by Gasteiger charge is -2.18. The average Bonchev–Trinajstić information content (AvgIpc) is 2.67. The highest BCUT2D eigenvalue weighted by molar-refractivity contribution is 5.85. The van der Waals surface area contributed by atoms with Crippen molar-refractivity contribution in [3.05, 3.63) is 35.1 Å². The highest BCUT2D eigenvalue weighted by Crippen LogP contribution is 2.19. The van der Waals surface area contributed by atoms with Crippen LogP contribution < -0.4 is 5.73 Å². The second-order valence-electron chi connectivity index (χ2n) is 4.51. The molecule has 1 saturated heterocycles. The molecule has 0 radical (unpaired) electrons. The molecule has 0 unspecified atom stereocenters. The van der Waals surface area contributed by atoms with Crippen molar-refractivity contribution in [1.29, 1.82) is 0 Å². The smallest absolute Gasteiger partial charge is 0.127 e. The van der Waals surface area contributed by atoms with Crippen LogP contribution in [-0.4, -0.2) is 24.0 Å². The van der Waals surface area contributed by atoms with Crippen molar-refractivity contribution in [2.24, 2.45) is 5.73 Å². The van der Waals surface area contributed by atoms with Crippen LogP contribution in [0.25, 0.3) is 0 Å². The summed E-state index contributed by atoms with van der Waals surface area (Å²) in [5, 5.41) is 0. The summed E-state index contributed by atoms with van der Waals surface area (Å²) in [7, 11) is 0. The Morgan fingerprint density at radius 1 is 1.47 bits per heavy atom. The number of nitrogens with two attached hydrogens (primary N) is 1. The van der Waals surface area contributed by atoms with Gasteiger partial charge in [-0.2, -0.15) is 0 Å². The molecule has 1 aliphatic rings. The van der Waals surface area contributed by atoms with Gasteiger partial charge in [-0.1, -0.05) is 19.1 Å². The van der Waals surface area contributed by atoms with E-state index in [0.29, 0.717) is 6.54 Å². The zero-order valence-corrected chi connectivity index (χ0v) is 11.0. The summed E-state index contributed by atoms with van der Waals surface area (Å²) in [5.41, 5.74) is 7.81. The maximum Gasteiger partial charge on any atom is 0.127 e. The van der Waals surface area contributed by atoms with Crippen LogP contribution in [0, 0.1) is 5.82 Å². The Morgan fingerprint density at radius 3 is 2.82 bits per heavy atom. The zero-order valence-electron chi connectivity index (χ0n) is 10.2. The minimum Gasteiger partial charge on any atom is -0.326 e. The Balaban J connectivity index is 0.00000144. The van der Waals surface area contributed by atoms with Gasteiger partial charge in [0.15, 0.2) is 0 Å². The van der Waals surface area contributed by atoms with Gasteiger partial charge < -0.3 is 5.73 Å². The molecule has 2 nitrogen and oxygen atoms in total. The number of hydrogen-bond donors (Lipinski definition) is 1. The van der Waals surface area contributed by atoms with Crippen LogP contribution in [0.1, 0.15) is 24.5 Å². The van der Waals surface area contributed by atoms with Gasteiger partial charge in [0.2, 0.25) is 0 Å². The molecule has 1 heterocycles. The molecule has 1 fully saturated rings. The van der Waals surface area contributed by atoms with Crippen LogP contribution in [0.3, 0.4) is 0 Å². The third kappa shape index (κ3) is 3.41. The average molecular weight is 259 g/mol. The molecule has 96 valence electrons. The van der Waals surface area contributed by atoms with Gasteiger partial charge in [0.05, 0.1) is 0 Å². The third-order valence-corrected chi connectivity index (χ3v) is 3.29. The van der Waals surface area contributed by atoms with Crippen molar-refractivity contribution in [3.8, 4) is 0 Å². The van der Waals surface area contributed by atoms with Crippen molar-refractivity contribution < 1.29 is 4.39 Å². The molecular weight excluding hydrogens is 239 g/mol. The summed E-state index contributed by atoms with van der Waals surface area (Å²) in [6, 6.07) is 5.60. The quantitative estimate of drug-likeness (QED) is 0.902. The Kier molecular flexibility index (Phi) is 5.37. The van der Waals surface area contributed by atoms with Crippen LogP contribution in [-0.2, 0) is 13.0 Å². The molecule has 4 heteroatoms. The van der Waals surface area contributed by atoms with E-state index in [2.05, 4.69) is 11.8 Å². The molecule has 0 saturated carbocycles. The van der Waals surface area contributed by atoms with Crippen molar-refractivity contribution in [2.45, 2.75) is 32.4 Å². The van der Waals surface area contributed by atoms with E-state index >= 15 is 0 Å². The van der Waals surface area contributed by atoms with E-state index in [1.807, 2.05) is 6.07 Å². The number of nitrogens with zero attached hydrogens (tertiary/aromatic N) is 1. The van der Waals surface area contributed by atoms with Gasteiger partial charge in [-0.25, -0.2) is 4.39 Å². The molecular formula is C13H20ClFN2. The third-order valence-electron chi connectivity index (χ3n) is 3.29. The summed E-state index contributed by atoms with van der Waals surface area (Å²) < 4.78 is 13.7. The predicted octanol–water partition coefficient (Wildman–Crippen LogP) is 2.34. The molecule has 17 heavy (non-hydrogen) atoms. The second kappa shape index (κ2) is 6.34. The summed E-state index contributed by atoms with van der Waals surface area (Å²) >= 11 is 0. The molecule has 2 rings (SSSR count). The summed E-state index contributed by atoms with van der Waals surface area (Å²) in [4.78, 5) is 2.24. The Labute approximate surface area is 108 Å². The van der Waals surface area contributed by atoms with Crippen molar-refractivity contribution in [1.82, 2.24) is 4.90 Å². The molecule has 0 spiro atoms. The van der Waals surface area contributed by atoms with Crippen molar-refractivity contribution in [2.75, 3.05) is 13.1 Å². The van der Waals surface area contributed by atoms with E-state index in [9.17, 15) is 4.39 Å². The van der Waals surface area contributed by atoms with Crippen LogP contribution in [0.15, 0.2) is 18.2 Å². The Morgan fingerprint density at radius 2 is 2.24 bits per heavy atom. The highest BCUT2D eigenvalue weighted by atomic mass is 35.5. The zero-order chi connectivity index (χ0) is 11.5. The van der Waals surface area contributed by atoms with Gasteiger partial charge in [0, 0.05) is 31.2 Å². The van der Waals surface area contributed by atoms with Gasteiger partial charge in [0.25, 0.3) is 0 Å². The van der Waals surface area contributed by atoms with Crippen molar-refractivity contribution in [3.63, 3.8) is 0 Å². The van der Waals surface area contributed by atoms with Crippen LogP contribution in [0.2, 0.25) is 0 Å². The first-order valence-corrected chi connectivity index (χ1v) is 5.95. The van der Waals surface area contributed by atoms with Gasteiger partial charge in [0.1, 0.15) is 5.82 Å².